The fraction of sp³-hybridized carbons (Fsp3) is 1.00. The second-order valence-corrected chi connectivity index (χ2v) is 8.76. The summed E-state index contributed by atoms with van der Waals surface area (Å²) in [7, 11) is -17.6. The molecular formula is C6H13F2O12P3. The smallest absolute Gasteiger partial charge is 0.390 e. The summed E-state index contributed by atoms with van der Waals surface area (Å²) >= 11 is 0. The maximum atomic E-state index is 13.7. The maximum Gasteiger partial charge on any atom is 0.490 e. The third-order valence-corrected chi connectivity index (χ3v) is 6.09. The van der Waals surface area contributed by atoms with Crippen molar-refractivity contribution >= 4 is 23.5 Å². The molecule has 0 aromatic carbocycles. The van der Waals surface area contributed by atoms with E-state index in [-0.39, 0.29) is 6.42 Å². The summed E-state index contributed by atoms with van der Waals surface area (Å²) in [4.78, 5) is 34.4. The second-order valence-electron chi connectivity index (χ2n) is 4.41. The summed E-state index contributed by atoms with van der Waals surface area (Å²) in [6.45, 7) is 1.32. The Labute approximate surface area is 127 Å². The van der Waals surface area contributed by atoms with Crippen LogP contribution in [0.2, 0.25) is 0 Å². The number of aliphatic hydroxyl groups is 1. The normalized spacial score (nSPS) is 31.6. The first-order valence-electron chi connectivity index (χ1n) is 5.59. The van der Waals surface area contributed by atoms with Crippen molar-refractivity contribution in [1.82, 2.24) is 0 Å². The van der Waals surface area contributed by atoms with Crippen molar-refractivity contribution in [3.63, 3.8) is 0 Å². The Bertz CT molecular complexity index is 575. The highest BCUT2D eigenvalue weighted by atomic mass is 31.3. The fourth-order valence-corrected chi connectivity index (χ4v) is 4.72. The van der Waals surface area contributed by atoms with Crippen LogP contribution in [0.15, 0.2) is 0 Å². The van der Waals surface area contributed by atoms with Crippen molar-refractivity contribution in [2.45, 2.75) is 37.8 Å². The third kappa shape index (κ3) is 6.91. The van der Waals surface area contributed by atoms with Crippen molar-refractivity contribution in [2.24, 2.45) is 0 Å². The quantitative estimate of drug-likeness (QED) is 0.367. The van der Waals surface area contributed by atoms with Crippen molar-refractivity contribution in [3.05, 3.63) is 0 Å². The Morgan fingerprint density at radius 2 is 1.61 bits per heavy atom. The van der Waals surface area contributed by atoms with Crippen LogP contribution in [0.25, 0.3) is 0 Å². The molecule has 0 saturated carbocycles. The van der Waals surface area contributed by atoms with Gasteiger partial charge in [-0.05, 0) is 6.92 Å². The molecule has 1 aliphatic rings. The molecule has 5 unspecified atom stereocenters. The highest BCUT2D eigenvalue weighted by Crippen LogP contribution is 2.67. The van der Waals surface area contributed by atoms with Crippen molar-refractivity contribution in [2.75, 3.05) is 0 Å². The van der Waals surface area contributed by atoms with E-state index >= 15 is 0 Å². The molecule has 0 radical (unpaired) electrons. The van der Waals surface area contributed by atoms with Crippen molar-refractivity contribution in [1.29, 1.82) is 0 Å². The lowest BCUT2D eigenvalue weighted by atomic mass is 10.1. The zero-order valence-corrected chi connectivity index (χ0v) is 13.8. The maximum absolute atomic E-state index is 13.7. The Morgan fingerprint density at radius 1 is 1.09 bits per heavy atom. The number of aliphatic hydroxyl groups excluding tert-OH is 1. The lowest BCUT2D eigenvalue weighted by molar-refractivity contribution is -0.266. The molecule has 0 spiro atoms. The number of rotatable bonds is 7. The molecule has 138 valence electrons. The minimum Gasteiger partial charge on any atom is -0.390 e. The molecular weight excluding hydrogens is 395 g/mol. The molecule has 1 heterocycles. The van der Waals surface area contributed by atoms with Crippen molar-refractivity contribution < 1.29 is 65.0 Å². The molecule has 0 amide bonds. The van der Waals surface area contributed by atoms with E-state index in [1.54, 1.807) is 0 Å². The second kappa shape index (κ2) is 6.83. The van der Waals surface area contributed by atoms with Gasteiger partial charge in [-0.25, -0.2) is 18.2 Å². The van der Waals surface area contributed by atoms with Gasteiger partial charge in [0.25, 0.3) is 0 Å². The van der Waals surface area contributed by atoms with Crippen LogP contribution < -0.4 is 0 Å². The van der Waals surface area contributed by atoms with Crippen LogP contribution in [0.3, 0.4) is 0 Å². The summed E-state index contributed by atoms with van der Waals surface area (Å²) in [5.74, 6) is 0. The van der Waals surface area contributed by atoms with Gasteiger partial charge in [-0.2, -0.15) is 17.4 Å². The molecule has 5 N–H and O–H groups in total. The standard InChI is InChI=1S/C6H13F2O12P3/c1-3-2-4(9)5(17-3)6(7,8)18-22(13,14)20-23(15,16)19-21(10,11)12/h3-5,9H,2H2,1H3,(H,13,14)(H,15,16)(H2,10,11,12). The summed E-state index contributed by atoms with van der Waals surface area (Å²) < 4.78 is 74.5. The summed E-state index contributed by atoms with van der Waals surface area (Å²) in [5.41, 5.74) is 0. The first-order chi connectivity index (χ1) is 10.0. The summed E-state index contributed by atoms with van der Waals surface area (Å²) in [6.07, 6.45) is -9.84. The molecule has 5 atom stereocenters. The lowest BCUT2D eigenvalue weighted by Crippen LogP contribution is -2.42. The summed E-state index contributed by atoms with van der Waals surface area (Å²) in [5, 5.41) is 9.35. The van der Waals surface area contributed by atoms with Crippen LogP contribution >= 0.6 is 23.5 Å². The van der Waals surface area contributed by atoms with E-state index in [9.17, 15) is 27.6 Å². The number of ether oxygens (including phenoxy) is 1. The van der Waals surface area contributed by atoms with Gasteiger partial charge in [-0.15, -0.1) is 0 Å². The van der Waals surface area contributed by atoms with Crippen LogP contribution in [0.4, 0.5) is 8.78 Å². The van der Waals surface area contributed by atoms with Gasteiger partial charge >= 0.3 is 29.6 Å². The van der Waals surface area contributed by atoms with Gasteiger partial charge in [0.1, 0.15) is 0 Å². The zero-order chi connectivity index (χ0) is 18.3. The molecule has 0 aromatic rings. The number of alkyl halides is 2. The average molecular weight is 408 g/mol. The average Bonchev–Trinajstić information content (AvgIpc) is 2.50. The van der Waals surface area contributed by atoms with Crippen LogP contribution in [-0.4, -0.2) is 49.1 Å². The van der Waals surface area contributed by atoms with Gasteiger partial charge in [-0.3, -0.25) is 0 Å². The number of phosphoric ester groups is 1. The first kappa shape index (κ1) is 21.2. The van der Waals surface area contributed by atoms with E-state index in [2.05, 4.69) is 17.9 Å². The van der Waals surface area contributed by atoms with E-state index in [1.165, 1.54) is 6.92 Å². The molecule has 12 nitrogen and oxygen atoms in total. The Kier molecular flexibility index (Phi) is 6.31. The summed E-state index contributed by atoms with van der Waals surface area (Å²) in [6, 6.07) is 0. The Hall–Kier alpha value is 0.190. The topological polar surface area (TPSA) is 189 Å². The Balaban J connectivity index is 2.83. The molecule has 0 aromatic heterocycles. The zero-order valence-electron chi connectivity index (χ0n) is 11.1. The molecule has 1 fully saturated rings. The molecule has 1 rings (SSSR count). The monoisotopic (exact) mass is 408 g/mol. The molecule has 1 saturated heterocycles. The molecule has 23 heavy (non-hydrogen) atoms. The molecule has 1 aliphatic heterocycles. The molecule has 0 aliphatic carbocycles. The minimum absolute atomic E-state index is 0.236. The highest BCUT2D eigenvalue weighted by molar-refractivity contribution is 7.66. The van der Waals surface area contributed by atoms with E-state index in [4.69, 9.17) is 19.6 Å². The van der Waals surface area contributed by atoms with Gasteiger partial charge in [0.15, 0.2) is 6.10 Å². The van der Waals surface area contributed by atoms with E-state index in [1.807, 2.05) is 0 Å². The van der Waals surface area contributed by atoms with E-state index in [0.717, 1.165) is 0 Å². The number of phosphoric acid groups is 3. The van der Waals surface area contributed by atoms with Gasteiger partial charge in [0, 0.05) is 6.42 Å². The largest absolute Gasteiger partial charge is 0.490 e. The van der Waals surface area contributed by atoms with Crippen molar-refractivity contribution in [3.8, 4) is 0 Å². The van der Waals surface area contributed by atoms with Gasteiger partial charge < -0.3 is 29.4 Å². The van der Waals surface area contributed by atoms with E-state index in [0.29, 0.717) is 0 Å². The molecule has 17 heteroatoms. The number of hydrogen-bond acceptors (Lipinski definition) is 8. The minimum atomic E-state index is -6.04. The predicted molar refractivity (Wildman–Crippen MR) is 64.9 cm³/mol. The molecule has 0 bridgehead atoms. The fourth-order valence-electron chi connectivity index (χ4n) is 1.67. The van der Waals surface area contributed by atoms with E-state index < -0.39 is 47.9 Å². The predicted octanol–water partition coefficient (Wildman–Crippen LogP) is 0.461. The Morgan fingerprint density at radius 3 is 2.00 bits per heavy atom. The number of halogens is 2. The van der Waals surface area contributed by atoms with Crippen LogP contribution in [0, 0.1) is 0 Å². The van der Waals surface area contributed by atoms with Gasteiger partial charge in [0.05, 0.1) is 12.2 Å². The van der Waals surface area contributed by atoms with Gasteiger partial charge in [0.2, 0.25) is 0 Å². The van der Waals surface area contributed by atoms with Crippen LogP contribution in [0.5, 0.6) is 0 Å². The lowest BCUT2D eigenvalue weighted by Gasteiger charge is -2.26. The van der Waals surface area contributed by atoms with Gasteiger partial charge in [-0.1, -0.05) is 0 Å². The SMILES string of the molecule is CC1CC(O)C(C(F)(F)OP(=O)(O)OP(=O)(O)OP(=O)(O)O)O1. The van der Waals surface area contributed by atoms with Crippen LogP contribution in [0.1, 0.15) is 13.3 Å². The number of hydrogen-bond donors (Lipinski definition) is 5. The first-order valence-corrected chi connectivity index (χ1v) is 10.1. The third-order valence-electron chi connectivity index (χ3n) is 2.29. The highest BCUT2D eigenvalue weighted by Gasteiger charge is 2.56. The van der Waals surface area contributed by atoms with Crippen LogP contribution in [-0.2, 0) is 31.6 Å².